The van der Waals surface area contributed by atoms with Crippen molar-refractivity contribution in [3.63, 3.8) is 0 Å². The summed E-state index contributed by atoms with van der Waals surface area (Å²) in [4.78, 5) is 11.1. The lowest BCUT2D eigenvalue weighted by Crippen LogP contribution is -2.10. The molecule has 0 radical (unpaired) electrons. The zero-order chi connectivity index (χ0) is 13.2. The Morgan fingerprint density at radius 1 is 1.33 bits per heavy atom. The molecule has 100 valence electrons. The number of hydrogen-bond acceptors (Lipinski definition) is 6. The molecule has 0 aliphatic heterocycles. The van der Waals surface area contributed by atoms with Crippen molar-refractivity contribution in [3.8, 4) is 0 Å². The van der Waals surface area contributed by atoms with Gasteiger partial charge in [0.2, 0.25) is 0 Å². The van der Waals surface area contributed by atoms with Crippen LogP contribution >= 0.6 is 0 Å². The zero-order valence-corrected chi connectivity index (χ0v) is 10.8. The standard InChI is InChI=1S/C12H19N3O3/c1-3-8-18-9-4-7-13-11-6-5-10(14-15-11)12(16)17-2/h5-6H,3-4,7-9H2,1-2H3,(H,13,15). The van der Waals surface area contributed by atoms with E-state index in [-0.39, 0.29) is 5.69 Å². The topological polar surface area (TPSA) is 73.3 Å². The van der Waals surface area contributed by atoms with E-state index in [2.05, 4.69) is 27.2 Å². The fourth-order valence-electron chi connectivity index (χ4n) is 1.28. The van der Waals surface area contributed by atoms with Crippen LogP contribution in [0.4, 0.5) is 5.82 Å². The van der Waals surface area contributed by atoms with Gasteiger partial charge in [-0.2, -0.15) is 0 Å². The second kappa shape index (κ2) is 8.41. The van der Waals surface area contributed by atoms with E-state index in [1.54, 1.807) is 12.1 Å². The predicted octanol–water partition coefficient (Wildman–Crippen LogP) is 1.49. The van der Waals surface area contributed by atoms with Gasteiger partial charge in [0.1, 0.15) is 5.82 Å². The van der Waals surface area contributed by atoms with E-state index in [4.69, 9.17) is 4.74 Å². The van der Waals surface area contributed by atoms with E-state index in [9.17, 15) is 4.79 Å². The Balaban J connectivity index is 2.25. The molecule has 1 N–H and O–H groups in total. The van der Waals surface area contributed by atoms with E-state index < -0.39 is 5.97 Å². The van der Waals surface area contributed by atoms with Gasteiger partial charge in [-0.1, -0.05) is 6.92 Å². The van der Waals surface area contributed by atoms with Crippen molar-refractivity contribution in [2.75, 3.05) is 32.2 Å². The minimum absolute atomic E-state index is 0.203. The molecular weight excluding hydrogens is 234 g/mol. The van der Waals surface area contributed by atoms with Gasteiger partial charge in [0.15, 0.2) is 5.69 Å². The van der Waals surface area contributed by atoms with Crippen molar-refractivity contribution < 1.29 is 14.3 Å². The quantitative estimate of drug-likeness (QED) is 0.559. The number of nitrogens with zero attached hydrogens (tertiary/aromatic N) is 2. The van der Waals surface area contributed by atoms with Crippen LogP contribution < -0.4 is 5.32 Å². The first-order chi connectivity index (χ1) is 8.77. The summed E-state index contributed by atoms with van der Waals surface area (Å²) in [7, 11) is 1.31. The lowest BCUT2D eigenvalue weighted by Gasteiger charge is -2.05. The second-order valence-corrected chi connectivity index (χ2v) is 3.69. The van der Waals surface area contributed by atoms with Crippen molar-refractivity contribution in [2.45, 2.75) is 19.8 Å². The van der Waals surface area contributed by atoms with Crippen LogP contribution in [0.3, 0.4) is 0 Å². The van der Waals surface area contributed by atoms with Crippen molar-refractivity contribution in [1.82, 2.24) is 10.2 Å². The number of esters is 1. The average Bonchev–Trinajstić information content (AvgIpc) is 2.42. The fourth-order valence-corrected chi connectivity index (χ4v) is 1.28. The van der Waals surface area contributed by atoms with Gasteiger partial charge in [0.05, 0.1) is 7.11 Å². The third-order valence-corrected chi connectivity index (χ3v) is 2.18. The van der Waals surface area contributed by atoms with E-state index in [1.807, 2.05) is 0 Å². The first-order valence-corrected chi connectivity index (χ1v) is 6.01. The first-order valence-electron chi connectivity index (χ1n) is 6.01. The smallest absolute Gasteiger partial charge is 0.358 e. The van der Waals surface area contributed by atoms with Gasteiger partial charge in [-0.15, -0.1) is 10.2 Å². The molecule has 0 spiro atoms. The number of carbonyl (C=O) groups is 1. The lowest BCUT2D eigenvalue weighted by molar-refractivity contribution is 0.0593. The Bertz CT molecular complexity index is 354. The average molecular weight is 253 g/mol. The molecule has 1 aromatic rings. The number of ether oxygens (including phenoxy) is 2. The summed E-state index contributed by atoms with van der Waals surface area (Å²) in [5.74, 6) is 0.153. The Morgan fingerprint density at radius 3 is 2.78 bits per heavy atom. The number of carbonyl (C=O) groups excluding carboxylic acids is 1. The summed E-state index contributed by atoms with van der Waals surface area (Å²) in [6.07, 6.45) is 1.94. The van der Waals surface area contributed by atoms with Crippen LogP contribution in [0.2, 0.25) is 0 Å². The van der Waals surface area contributed by atoms with Gasteiger partial charge < -0.3 is 14.8 Å². The summed E-state index contributed by atoms with van der Waals surface area (Å²) in [5, 5.41) is 10.7. The first kappa shape index (κ1) is 14.4. The Morgan fingerprint density at radius 2 is 2.17 bits per heavy atom. The van der Waals surface area contributed by atoms with Gasteiger partial charge in [0.25, 0.3) is 0 Å². The van der Waals surface area contributed by atoms with E-state index in [1.165, 1.54) is 7.11 Å². The number of hydrogen-bond donors (Lipinski definition) is 1. The van der Waals surface area contributed by atoms with Gasteiger partial charge in [-0.25, -0.2) is 4.79 Å². The highest BCUT2D eigenvalue weighted by atomic mass is 16.5. The van der Waals surface area contributed by atoms with Crippen molar-refractivity contribution in [1.29, 1.82) is 0 Å². The molecule has 6 heteroatoms. The summed E-state index contributed by atoms with van der Waals surface area (Å²) in [6.45, 7) is 4.37. The highest BCUT2D eigenvalue weighted by molar-refractivity contribution is 5.86. The Kier molecular flexibility index (Phi) is 6.71. The van der Waals surface area contributed by atoms with Crippen LogP contribution in [0.15, 0.2) is 12.1 Å². The maximum Gasteiger partial charge on any atom is 0.358 e. The molecular formula is C12H19N3O3. The Hall–Kier alpha value is -1.69. The predicted molar refractivity (Wildman–Crippen MR) is 67.6 cm³/mol. The molecule has 18 heavy (non-hydrogen) atoms. The highest BCUT2D eigenvalue weighted by Gasteiger charge is 2.06. The van der Waals surface area contributed by atoms with E-state index in [0.717, 1.165) is 32.6 Å². The van der Waals surface area contributed by atoms with Crippen LogP contribution in [0.25, 0.3) is 0 Å². The van der Waals surface area contributed by atoms with E-state index >= 15 is 0 Å². The SMILES string of the molecule is CCCOCCCNc1ccc(C(=O)OC)nn1. The lowest BCUT2D eigenvalue weighted by atomic mass is 10.4. The van der Waals surface area contributed by atoms with Crippen LogP contribution in [0.1, 0.15) is 30.3 Å². The number of aromatic nitrogens is 2. The van der Waals surface area contributed by atoms with Gasteiger partial charge in [0, 0.05) is 19.8 Å². The molecule has 0 amide bonds. The molecule has 1 rings (SSSR count). The maximum atomic E-state index is 11.1. The molecule has 0 bridgehead atoms. The minimum Gasteiger partial charge on any atom is -0.464 e. The Labute approximate surface area is 107 Å². The second-order valence-electron chi connectivity index (χ2n) is 3.69. The maximum absolute atomic E-state index is 11.1. The van der Waals surface area contributed by atoms with E-state index in [0.29, 0.717) is 5.82 Å². The number of rotatable bonds is 8. The van der Waals surface area contributed by atoms with Gasteiger partial charge >= 0.3 is 5.97 Å². The largest absolute Gasteiger partial charge is 0.464 e. The molecule has 0 saturated heterocycles. The molecule has 0 fully saturated rings. The number of methoxy groups -OCH3 is 1. The number of anilines is 1. The molecule has 6 nitrogen and oxygen atoms in total. The van der Waals surface area contributed by atoms with Gasteiger partial charge in [-0.3, -0.25) is 0 Å². The minimum atomic E-state index is -0.484. The molecule has 0 unspecified atom stereocenters. The molecule has 0 aromatic carbocycles. The molecule has 1 heterocycles. The monoisotopic (exact) mass is 253 g/mol. The third-order valence-electron chi connectivity index (χ3n) is 2.18. The van der Waals surface area contributed by atoms with Crippen molar-refractivity contribution in [2.24, 2.45) is 0 Å². The fraction of sp³-hybridized carbons (Fsp3) is 0.583. The molecule has 0 aliphatic rings. The van der Waals surface area contributed by atoms with Crippen LogP contribution in [0, 0.1) is 0 Å². The number of nitrogens with one attached hydrogen (secondary N) is 1. The van der Waals surface area contributed by atoms with Crippen molar-refractivity contribution in [3.05, 3.63) is 17.8 Å². The summed E-state index contributed by atoms with van der Waals surface area (Å²) in [6, 6.07) is 3.28. The third kappa shape index (κ3) is 5.09. The molecule has 0 saturated carbocycles. The molecule has 0 aliphatic carbocycles. The van der Waals surface area contributed by atoms with Crippen LogP contribution in [-0.4, -0.2) is 43.0 Å². The van der Waals surface area contributed by atoms with Crippen molar-refractivity contribution >= 4 is 11.8 Å². The zero-order valence-electron chi connectivity index (χ0n) is 10.8. The summed E-state index contributed by atoms with van der Waals surface area (Å²) < 4.78 is 9.88. The normalized spacial score (nSPS) is 10.1. The van der Waals surface area contributed by atoms with Crippen LogP contribution in [-0.2, 0) is 9.47 Å². The molecule has 0 atom stereocenters. The van der Waals surface area contributed by atoms with Gasteiger partial charge in [-0.05, 0) is 25.0 Å². The van der Waals surface area contributed by atoms with Crippen LogP contribution in [0.5, 0.6) is 0 Å². The summed E-state index contributed by atoms with van der Waals surface area (Å²) >= 11 is 0. The molecule has 1 aromatic heterocycles. The highest BCUT2D eigenvalue weighted by Crippen LogP contribution is 2.03. The summed E-state index contributed by atoms with van der Waals surface area (Å²) in [5.41, 5.74) is 0.203.